The van der Waals surface area contributed by atoms with Gasteiger partial charge in [0.15, 0.2) is 0 Å². The number of ether oxygens (including phenoxy) is 1. The second-order valence-corrected chi connectivity index (χ2v) is 4.13. The van der Waals surface area contributed by atoms with Crippen molar-refractivity contribution in [1.29, 1.82) is 0 Å². The van der Waals surface area contributed by atoms with Gasteiger partial charge in [-0.25, -0.2) is 0 Å². The number of pyridine rings is 1. The Labute approximate surface area is 95.0 Å². The van der Waals surface area contributed by atoms with Crippen LogP contribution >= 0.6 is 0 Å². The fraction of sp³-hybridized carbons (Fsp3) is 0.500. The maximum Gasteiger partial charge on any atom is 0.310 e. The van der Waals surface area contributed by atoms with E-state index in [4.69, 9.17) is 4.74 Å². The highest BCUT2D eigenvalue weighted by Gasteiger charge is 2.35. The summed E-state index contributed by atoms with van der Waals surface area (Å²) in [6.07, 6.45) is 3.62. The molecule has 0 aromatic carbocycles. The van der Waals surface area contributed by atoms with Crippen molar-refractivity contribution in [3.63, 3.8) is 0 Å². The Morgan fingerprint density at radius 2 is 2.38 bits per heavy atom. The molecule has 0 aliphatic carbocycles. The van der Waals surface area contributed by atoms with Gasteiger partial charge in [-0.15, -0.1) is 0 Å². The van der Waals surface area contributed by atoms with Crippen LogP contribution in [0.3, 0.4) is 0 Å². The second kappa shape index (κ2) is 4.61. The number of aromatic nitrogens is 1. The largest absolute Gasteiger partial charge is 0.469 e. The van der Waals surface area contributed by atoms with Gasteiger partial charge in [-0.05, 0) is 24.1 Å². The minimum Gasteiger partial charge on any atom is -0.469 e. The summed E-state index contributed by atoms with van der Waals surface area (Å²) in [5.74, 6) is -0.0488. The lowest BCUT2D eigenvalue weighted by molar-refractivity contribution is -0.145. The van der Waals surface area contributed by atoms with E-state index in [0.29, 0.717) is 6.54 Å². The van der Waals surface area contributed by atoms with Crippen molar-refractivity contribution < 1.29 is 9.53 Å². The number of nitrogens with one attached hydrogen (secondary N) is 1. The first-order chi connectivity index (χ1) is 7.74. The molecule has 16 heavy (non-hydrogen) atoms. The van der Waals surface area contributed by atoms with Gasteiger partial charge < -0.3 is 10.1 Å². The van der Waals surface area contributed by atoms with E-state index in [1.54, 1.807) is 6.20 Å². The summed E-state index contributed by atoms with van der Waals surface area (Å²) in [4.78, 5) is 15.8. The number of aryl methyl sites for hydroxylation is 1. The van der Waals surface area contributed by atoms with Gasteiger partial charge in [0.25, 0.3) is 0 Å². The van der Waals surface area contributed by atoms with Crippen LogP contribution in [0, 0.1) is 12.8 Å². The number of methoxy groups -OCH3 is 1. The van der Waals surface area contributed by atoms with Gasteiger partial charge >= 0.3 is 5.97 Å². The highest BCUT2D eigenvalue weighted by Crippen LogP contribution is 2.30. The molecule has 2 unspecified atom stereocenters. The topological polar surface area (TPSA) is 51.2 Å². The van der Waals surface area contributed by atoms with E-state index in [1.165, 1.54) is 12.7 Å². The number of hydrogen-bond donors (Lipinski definition) is 1. The Bertz CT molecular complexity index is 392. The van der Waals surface area contributed by atoms with Crippen LogP contribution in [0.5, 0.6) is 0 Å². The van der Waals surface area contributed by atoms with Gasteiger partial charge in [-0.2, -0.15) is 0 Å². The molecule has 0 bridgehead atoms. The fourth-order valence-corrected chi connectivity index (χ4v) is 2.27. The Balaban J connectivity index is 2.27. The molecule has 1 aliphatic rings. The number of rotatable bonds is 2. The first kappa shape index (κ1) is 11.1. The van der Waals surface area contributed by atoms with Crippen LogP contribution in [0.25, 0.3) is 0 Å². The molecule has 4 nitrogen and oxygen atoms in total. The highest BCUT2D eigenvalue weighted by molar-refractivity contribution is 5.74. The summed E-state index contributed by atoms with van der Waals surface area (Å²) in [6.45, 7) is 3.54. The number of carbonyl (C=O) groups excluding carboxylic acids is 1. The zero-order valence-corrected chi connectivity index (χ0v) is 9.56. The molecule has 1 aromatic heterocycles. The fourth-order valence-electron chi connectivity index (χ4n) is 2.27. The van der Waals surface area contributed by atoms with Gasteiger partial charge in [0.2, 0.25) is 0 Å². The third-order valence-electron chi connectivity index (χ3n) is 3.20. The second-order valence-electron chi connectivity index (χ2n) is 4.13. The first-order valence-electron chi connectivity index (χ1n) is 5.43. The minimum atomic E-state index is -0.141. The molecule has 1 N–H and O–H groups in total. The standard InChI is InChI=1S/C12H16N2O2/c1-8-3-4-13-5-9(8)10-6-14-7-11(10)12(15)16-2/h3-5,10-11,14H,6-7H2,1-2H3. The van der Waals surface area contributed by atoms with Gasteiger partial charge in [0, 0.05) is 31.4 Å². The van der Waals surface area contributed by atoms with Crippen LogP contribution in [0.2, 0.25) is 0 Å². The molecule has 4 heteroatoms. The first-order valence-corrected chi connectivity index (χ1v) is 5.43. The van der Waals surface area contributed by atoms with Crippen LogP contribution in [-0.2, 0) is 9.53 Å². The summed E-state index contributed by atoms with van der Waals surface area (Å²) in [6, 6.07) is 1.97. The van der Waals surface area contributed by atoms with Crippen LogP contribution in [0.15, 0.2) is 18.5 Å². The third-order valence-corrected chi connectivity index (χ3v) is 3.20. The molecule has 0 saturated carbocycles. The van der Waals surface area contributed by atoms with Gasteiger partial charge in [-0.1, -0.05) is 0 Å². The average molecular weight is 220 g/mol. The minimum absolute atomic E-state index is 0.0899. The predicted octanol–water partition coefficient (Wildman–Crippen LogP) is 0.866. The van der Waals surface area contributed by atoms with E-state index in [0.717, 1.165) is 12.1 Å². The van der Waals surface area contributed by atoms with E-state index in [2.05, 4.69) is 10.3 Å². The number of esters is 1. The van der Waals surface area contributed by atoms with Crippen molar-refractivity contribution in [2.24, 2.45) is 5.92 Å². The molecule has 1 saturated heterocycles. The van der Waals surface area contributed by atoms with Crippen LogP contribution < -0.4 is 5.32 Å². The molecule has 1 aromatic rings. The summed E-state index contributed by atoms with van der Waals surface area (Å²) in [5.41, 5.74) is 2.32. The lowest BCUT2D eigenvalue weighted by Gasteiger charge is -2.18. The van der Waals surface area contributed by atoms with Crippen molar-refractivity contribution >= 4 is 5.97 Å². The zero-order valence-electron chi connectivity index (χ0n) is 9.56. The Morgan fingerprint density at radius 1 is 1.56 bits per heavy atom. The third kappa shape index (κ3) is 1.93. The van der Waals surface area contributed by atoms with Crippen molar-refractivity contribution in [2.75, 3.05) is 20.2 Å². The van der Waals surface area contributed by atoms with Crippen molar-refractivity contribution in [3.05, 3.63) is 29.6 Å². The van der Waals surface area contributed by atoms with E-state index in [9.17, 15) is 4.79 Å². The smallest absolute Gasteiger partial charge is 0.310 e. The molecule has 1 aliphatic heterocycles. The normalized spacial score (nSPS) is 24.4. The highest BCUT2D eigenvalue weighted by atomic mass is 16.5. The van der Waals surface area contributed by atoms with E-state index in [1.807, 2.05) is 19.2 Å². The summed E-state index contributed by atoms with van der Waals surface area (Å²) < 4.78 is 4.83. The Hall–Kier alpha value is -1.42. The number of nitrogens with zero attached hydrogens (tertiary/aromatic N) is 1. The molecule has 0 spiro atoms. The van der Waals surface area contributed by atoms with Crippen LogP contribution in [-0.4, -0.2) is 31.2 Å². The lowest BCUT2D eigenvalue weighted by Crippen LogP contribution is -2.23. The maximum absolute atomic E-state index is 11.6. The maximum atomic E-state index is 11.6. The Kier molecular flexibility index (Phi) is 3.19. The molecule has 86 valence electrons. The van der Waals surface area contributed by atoms with Gasteiger partial charge in [0.05, 0.1) is 13.0 Å². The van der Waals surface area contributed by atoms with Crippen molar-refractivity contribution in [2.45, 2.75) is 12.8 Å². The molecular weight excluding hydrogens is 204 g/mol. The Morgan fingerprint density at radius 3 is 3.06 bits per heavy atom. The number of carbonyl (C=O) groups is 1. The molecule has 2 atom stereocenters. The zero-order chi connectivity index (χ0) is 11.5. The van der Waals surface area contributed by atoms with Crippen molar-refractivity contribution in [1.82, 2.24) is 10.3 Å². The van der Waals surface area contributed by atoms with Crippen LogP contribution in [0.4, 0.5) is 0 Å². The predicted molar refractivity (Wildman–Crippen MR) is 60.1 cm³/mol. The van der Waals surface area contributed by atoms with Crippen molar-refractivity contribution in [3.8, 4) is 0 Å². The van der Waals surface area contributed by atoms with E-state index >= 15 is 0 Å². The monoisotopic (exact) mass is 220 g/mol. The average Bonchev–Trinajstić information content (AvgIpc) is 2.77. The number of hydrogen-bond acceptors (Lipinski definition) is 4. The molecule has 2 rings (SSSR count). The molecule has 0 amide bonds. The van der Waals surface area contributed by atoms with Gasteiger partial charge in [0.1, 0.15) is 0 Å². The SMILES string of the molecule is COC(=O)C1CNCC1c1cnccc1C. The quantitative estimate of drug-likeness (QED) is 0.751. The summed E-state index contributed by atoms with van der Waals surface area (Å²) in [5, 5.41) is 3.23. The molecule has 2 heterocycles. The molecule has 1 fully saturated rings. The van der Waals surface area contributed by atoms with Gasteiger partial charge in [-0.3, -0.25) is 9.78 Å². The lowest BCUT2D eigenvalue weighted by atomic mass is 9.88. The summed E-state index contributed by atoms with van der Waals surface area (Å²) in [7, 11) is 1.44. The van der Waals surface area contributed by atoms with E-state index < -0.39 is 0 Å². The van der Waals surface area contributed by atoms with Crippen LogP contribution in [0.1, 0.15) is 17.0 Å². The summed E-state index contributed by atoms with van der Waals surface area (Å²) >= 11 is 0. The van der Waals surface area contributed by atoms with E-state index in [-0.39, 0.29) is 17.8 Å². The molecular formula is C12H16N2O2. The molecule has 0 radical (unpaired) electrons.